The van der Waals surface area contributed by atoms with E-state index in [1.807, 2.05) is 32.9 Å². The minimum absolute atomic E-state index is 0.0897. The van der Waals surface area contributed by atoms with Crippen LogP contribution in [0.5, 0.6) is 0 Å². The number of nitrogens with zero attached hydrogens (tertiary/aromatic N) is 3. The highest BCUT2D eigenvalue weighted by atomic mass is 16.1. The average Bonchev–Trinajstić information content (AvgIpc) is 2.16. The molecule has 1 aromatic heterocycles. The van der Waals surface area contributed by atoms with Gasteiger partial charge >= 0.3 is 0 Å². The molecule has 0 bridgehead atoms. The zero-order valence-corrected chi connectivity index (χ0v) is 9.06. The van der Waals surface area contributed by atoms with Crippen molar-refractivity contribution in [3.8, 4) is 0 Å². The third kappa shape index (κ3) is 1.63. The summed E-state index contributed by atoms with van der Waals surface area (Å²) in [6.07, 6.45) is 0. The maximum atomic E-state index is 12.0. The first-order valence-corrected chi connectivity index (χ1v) is 4.85. The molecule has 0 amide bonds. The molecule has 1 heterocycles. The van der Waals surface area contributed by atoms with Gasteiger partial charge < -0.3 is 0 Å². The predicted octanol–water partition coefficient (Wildman–Crippen LogP) is 1.55. The number of aromatic nitrogens is 3. The molecule has 0 atom stereocenters. The Hall–Kier alpha value is -1.71. The summed E-state index contributed by atoms with van der Waals surface area (Å²) >= 11 is 0. The van der Waals surface area contributed by atoms with Crippen LogP contribution in [-0.4, -0.2) is 15.0 Å². The highest BCUT2D eigenvalue weighted by Gasteiger charge is 2.17. The van der Waals surface area contributed by atoms with Crippen molar-refractivity contribution in [1.82, 2.24) is 15.0 Å². The first kappa shape index (κ1) is 9.83. The fraction of sp³-hybridized carbons (Fsp3) is 0.364. The van der Waals surface area contributed by atoms with E-state index in [2.05, 4.69) is 10.3 Å². The lowest BCUT2D eigenvalue weighted by Crippen LogP contribution is -2.36. The van der Waals surface area contributed by atoms with E-state index in [1.54, 1.807) is 12.1 Å². The summed E-state index contributed by atoms with van der Waals surface area (Å²) in [7, 11) is 0. The Balaban J connectivity index is 2.83. The molecule has 0 spiro atoms. The van der Waals surface area contributed by atoms with Crippen LogP contribution >= 0.6 is 0 Å². The molecule has 0 saturated heterocycles. The Labute approximate surface area is 87.5 Å². The Morgan fingerprint density at radius 2 is 1.87 bits per heavy atom. The van der Waals surface area contributed by atoms with Gasteiger partial charge in [0.15, 0.2) is 0 Å². The minimum Gasteiger partial charge on any atom is -0.267 e. The van der Waals surface area contributed by atoms with Crippen LogP contribution < -0.4 is 5.56 Å². The number of hydrogen-bond donors (Lipinski definition) is 0. The summed E-state index contributed by atoms with van der Waals surface area (Å²) in [5.74, 6) is 0. The van der Waals surface area contributed by atoms with Gasteiger partial charge in [-0.05, 0) is 32.9 Å². The molecule has 0 unspecified atom stereocenters. The van der Waals surface area contributed by atoms with Crippen LogP contribution in [0.4, 0.5) is 0 Å². The van der Waals surface area contributed by atoms with Crippen molar-refractivity contribution in [3.63, 3.8) is 0 Å². The Bertz CT molecular complexity index is 551. The van der Waals surface area contributed by atoms with Gasteiger partial charge in [-0.15, -0.1) is 5.10 Å². The number of rotatable bonds is 0. The molecular formula is C11H13N3O. The van der Waals surface area contributed by atoms with Crippen molar-refractivity contribution in [3.05, 3.63) is 34.6 Å². The smallest absolute Gasteiger partial charge is 0.267 e. The van der Waals surface area contributed by atoms with Gasteiger partial charge in [0.05, 0.1) is 10.9 Å². The number of fused-ring (bicyclic) bond motifs is 1. The van der Waals surface area contributed by atoms with E-state index in [1.165, 1.54) is 4.68 Å². The summed E-state index contributed by atoms with van der Waals surface area (Å²) in [4.78, 5) is 12.0. The van der Waals surface area contributed by atoms with E-state index >= 15 is 0 Å². The molecule has 0 aliphatic heterocycles. The molecule has 4 nitrogen and oxygen atoms in total. The van der Waals surface area contributed by atoms with Gasteiger partial charge in [-0.25, -0.2) is 4.68 Å². The van der Waals surface area contributed by atoms with Crippen LogP contribution in [0.1, 0.15) is 20.8 Å². The fourth-order valence-corrected chi connectivity index (χ4v) is 1.43. The molecule has 0 radical (unpaired) electrons. The number of hydrogen-bond acceptors (Lipinski definition) is 3. The van der Waals surface area contributed by atoms with Crippen molar-refractivity contribution in [2.75, 3.05) is 0 Å². The minimum atomic E-state index is -0.339. The zero-order chi connectivity index (χ0) is 11.1. The van der Waals surface area contributed by atoms with Gasteiger partial charge in [0.1, 0.15) is 5.52 Å². The first-order valence-electron chi connectivity index (χ1n) is 4.85. The summed E-state index contributed by atoms with van der Waals surface area (Å²) in [6.45, 7) is 5.79. The van der Waals surface area contributed by atoms with E-state index in [-0.39, 0.29) is 11.1 Å². The maximum Gasteiger partial charge on any atom is 0.278 e. The molecule has 0 saturated carbocycles. The quantitative estimate of drug-likeness (QED) is 0.652. The third-order valence-electron chi connectivity index (χ3n) is 2.20. The summed E-state index contributed by atoms with van der Waals surface area (Å²) in [6, 6.07) is 7.24. The molecule has 1 aromatic carbocycles. The van der Waals surface area contributed by atoms with E-state index in [0.29, 0.717) is 10.9 Å². The van der Waals surface area contributed by atoms with Gasteiger partial charge in [-0.1, -0.05) is 17.3 Å². The summed E-state index contributed by atoms with van der Waals surface area (Å²) < 4.78 is 1.41. The van der Waals surface area contributed by atoms with Crippen molar-refractivity contribution in [2.24, 2.45) is 0 Å². The first-order chi connectivity index (χ1) is 7.00. The molecule has 2 rings (SSSR count). The Kier molecular flexibility index (Phi) is 2.07. The van der Waals surface area contributed by atoms with Gasteiger partial charge in [0, 0.05) is 0 Å². The molecule has 0 fully saturated rings. The fourth-order valence-electron chi connectivity index (χ4n) is 1.43. The SMILES string of the molecule is CC(C)(C)n1nnc2ccccc2c1=O. The van der Waals surface area contributed by atoms with Gasteiger partial charge in [-0.2, -0.15) is 0 Å². The van der Waals surface area contributed by atoms with E-state index in [0.717, 1.165) is 0 Å². The lowest BCUT2D eigenvalue weighted by Gasteiger charge is -2.19. The second-order valence-corrected chi connectivity index (χ2v) is 4.49. The van der Waals surface area contributed by atoms with Crippen molar-refractivity contribution in [2.45, 2.75) is 26.3 Å². The van der Waals surface area contributed by atoms with Crippen LogP contribution in [0, 0.1) is 0 Å². The van der Waals surface area contributed by atoms with Crippen LogP contribution in [0.2, 0.25) is 0 Å². The molecular weight excluding hydrogens is 190 g/mol. The molecule has 4 heteroatoms. The highest BCUT2D eigenvalue weighted by molar-refractivity contribution is 5.76. The van der Waals surface area contributed by atoms with Gasteiger partial charge in [0.25, 0.3) is 5.56 Å². The monoisotopic (exact) mass is 203 g/mol. The maximum absolute atomic E-state index is 12.0. The third-order valence-corrected chi connectivity index (χ3v) is 2.20. The molecule has 0 N–H and O–H groups in total. The van der Waals surface area contributed by atoms with Crippen LogP contribution in [0.15, 0.2) is 29.1 Å². The van der Waals surface area contributed by atoms with E-state index < -0.39 is 0 Å². The lowest BCUT2D eigenvalue weighted by atomic mass is 10.1. The molecule has 0 aliphatic rings. The van der Waals surface area contributed by atoms with Gasteiger partial charge in [-0.3, -0.25) is 4.79 Å². The Morgan fingerprint density at radius 1 is 1.20 bits per heavy atom. The second kappa shape index (κ2) is 3.15. The molecule has 78 valence electrons. The van der Waals surface area contributed by atoms with E-state index in [9.17, 15) is 4.79 Å². The predicted molar refractivity (Wildman–Crippen MR) is 58.8 cm³/mol. The summed E-state index contributed by atoms with van der Waals surface area (Å²) in [5, 5.41) is 8.57. The average molecular weight is 203 g/mol. The van der Waals surface area contributed by atoms with Crippen molar-refractivity contribution in [1.29, 1.82) is 0 Å². The molecule has 15 heavy (non-hydrogen) atoms. The van der Waals surface area contributed by atoms with Crippen LogP contribution in [0.3, 0.4) is 0 Å². The second-order valence-electron chi connectivity index (χ2n) is 4.49. The van der Waals surface area contributed by atoms with Gasteiger partial charge in [0.2, 0.25) is 0 Å². The van der Waals surface area contributed by atoms with Crippen LogP contribution in [0.25, 0.3) is 10.9 Å². The van der Waals surface area contributed by atoms with Crippen LogP contribution in [-0.2, 0) is 5.54 Å². The molecule has 0 aliphatic carbocycles. The topological polar surface area (TPSA) is 47.8 Å². The zero-order valence-electron chi connectivity index (χ0n) is 9.06. The Morgan fingerprint density at radius 3 is 2.53 bits per heavy atom. The van der Waals surface area contributed by atoms with Crippen molar-refractivity contribution >= 4 is 10.9 Å². The standard InChI is InChI=1S/C11H13N3O/c1-11(2,3)14-10(15)8-6-4-5-7-9(8)12-13-14/h4-7H,1-3H3. The van der Waals surface area contributed by atoms with Crippen molar-refractivity contribution < 1.29 is 0 Å². The largest absolute Gasteiger partial charge is 0.278 e. The molecule has 2 aromatic rings. The number of benzene rings is 1. The lowest BCUT2D eigenvalue weighted by molar-refractivity contribution is 0.327. The van der Waals surface area contributed by atoms with E-state index in [4.69, 9.17) is 0 Å². The highest BCUT2D eigenvalue weighted by Crippen LogP contribution is 2.10. The summed E-state index contributed by atoms with van der Waals surface area (Å²) in [5.41, 5.74) is 0.213. The normalized spacial score (nSPS) is 11.9.